The summed E-state index contributed by atoms with van der Waals surface area (Å²) < 4.78 is 10.8. The lowest BCUT2D eigenvalue weighted by Gasteiger charge is -2.09. The zero-order valence-electron chi connectivity index (χ0n) is 13.6. The van der Waals surface area contributed by atoms with E-state index in [9.17, 15) is 9.59 Å². The van der Waals surface area contributed by atoms with Crippen LogP contribution in [0.2, 0.25) is 0 Å². The van der Waals surface area contributed by atoms with Gasteiger partial charge in [0.25, 0.3) is 0 Å². The predicted octanol–water partition coefficient (Wildman–Crippen LogP) is 4.03. The Bertz CT molecular complexity index is 971. The summed E-state index contributed by atoms with van der Waals surface area (Å²) >= 11 is 1.55. The van der Waals surface area contributed by atoms with Crippen molar-refractivity contribution in [3.05, 3.63) is 63.1 Å². The molecule has 4 nitrogen and oxygen atoms in total. The summed E-state index contributed by atoms with van der Waals surface area (Å²) in [5, 5.41) is 0.665. The highest BCUT2D eigenvalue weighted by atomic mass is 32.1. The maximum Gasteiger partial charge on any atom is 0.337 e. The first kappa shape index (κ1) is 16.2. The molecular formula is C19H16O4S. The number of hydrogen-bond donors (Lipinski definition) is 0. The Labute approximate surface area is 143 Å². The second-order valence-electron chi connectivity index (χ2n) is 5.29. The Morgan fingerprint density at radius 3 is 2.38 bits per heavy atom. The van der Waals surface area contributed by atoms with Crippen molar-refractivity contribution < 1.29 is 14.3 Å². The van der Waals surface area contributed by atoms with Crippen LogP contribution in [0.1, 0.15) is 15.2 Å². The van der Waals surface area contributed by atoms with Crippen LogP contribution in [-0.2, 0) is 4.74 Å². The first-order valence-electron chi connectivity index (χ1n) is 7.35. The first-order chi connectivity index (χ1) is 11.5. The number of carbonyl (C=O) groups excluding carboxylic acids is 1. The van der Waals surface area contributed by atoms with Gasteiger partial charge in [0.2, 0.25) is 0 Å². The molecule has 0 saturated carbocycles. The molecule has 2 aromatic carbocycles. The highest BCUT2D eigenvalue weighted by Gasteiger charge is 2.13. The van der Waals surface area contributed by atoms with Gasteiger partial charge in [-0.05, 0) is 42.8 Å². The molecule has 0 N–H and O–H groups in total. The molecule has 3 rings (SSSR count). The highest BCUT2D eigenvalue weighted by Crippen LogP contribution is 2.30. The Morgan fingerprint density at radius 2 is 1.75 bits per heavy atom. The van der Waals surface area contributed by atoms with Gasteiger partial charge in [-0.25, -0.2) is 4.79 Å². The minimum Gasteiger partial charge on any atom is -0.497 e. The zero-order chi connectivity index (χ0) is 17.3. The van der Waals surface area contributed by atoms with Crippen molar-refractivity contribution in [1.29, 1.82) is 0 Å². The summed E-state index contributed by atoms with van der Waals surface area (Å²) in [5.74, 6) is 0.335. The van der Waals surface area contributed by atoms with E-state index in [4.69, 9.17) is 9.47 Å². The summed E-state index contributed by atoms with van der Waals surface area (Å²) in [6.45, 7) is 1.93. The fourth-order valence-corrected chi connectivity index (χ4v) is 3.73. The van der Waals surface area contributed by atoms with Crippen LogP contribution in [0.25, 0.3) is 21.2 Å². The number of aryl methyl sites for hydroxylation is 1. The van der Waals surface area contributed by atoms with Gasteiger partial charge in [-0.1, -0.05) is 12.1 Å². The number of ether oxygens (including phenoxy) is 2. The van der Waals surface area contributed by atoms with Crippen LogP contribution in [0.15, 0.2) is 47.3 Å². The monoisotopic (exact) mass is 340 g/mol. The van der Waals surface area contributed by atoms with E-state index in [1.807, 2.05) is 13.0 Å². The fourth-order valence-electron chi connectivity index (χ4n) is 2.64. The molecule has 0 spiro atoms. The molecule has 0 aliphatic carbocycles. The van der Waals surface area contributed by atoms with Crippen molar-refractivity contribution in [3.63, 3.8) is 0 Å². The first-order valence-corrected chi connectivity index (χ1v) is 8.17. The van der Waals surface area contributed by atoms with Crippen molar-refractivity contribution in [2.45, 2.75) is 6.92 Å². The minimum atomic E-state index is -0.394. The van der Waals surface area contributed by atoms with Gasteiger partial charge in [0, 0.05) is 20.5 Å². The van der Waals surface area contributed by atoms with E-state index in [1.165, 1.54) is 7.11 Å². The third kappa shape index (κ3) is 2.78. The van der Waals surface area contributed by atoms with E-state index in [0.717, 1.165) is 20.9 Å². The van der Waals surface area contributed by atoms with Crippen LogP contribution >= 0.6 is 11.3 Å². The van der Waals surface area contributed by atoms with Gasteiger partial charge in [-0.3, -0.25) is 4.79 Å². The number of esters is 1. The fraction of sp³-hybridized carbons (Fsp3) is 0.158. The van der Waals surface area contributed by atoms with E-state index in [-0.39, 0.29) is 5.43 Å². The molecule has 3 aromatic rings. The molecule has 1 aromatic heterocycles. The van der Waals surface area contributed by atoms with Crippen LogP contribution in [0.4, 0.5) is 0 Å². The summed E-state index contributed by atoms with van der Waals surface area (Å²) in [6.07, 6.45) is 0. The summed E-state index contributed by atoms with van der Waals surface area (Å²) in [6, 6.07) is 12.3. The number of methoxy groups -OCH3 is 2. The second kappa shape index (κ2) is 6.45. The van der Waals surface area contributed by atoms with Crippen molar-refractivity contribution in [3.8, 4) is 16.9 Å². The predicted molar refractivity (Wildman–Crippen MR) is 96.2 cm³/mol. The van der Waals surface area contributed by atoms with Crippen LogP contribution in [-0.4, -0.2) is 20.2 Å². The SMILES string of the molecule is COC(=O)c1ccc(-c2c(C)sc3cc(OC)ccc3c2=O)cc1. The molecule has 0 aliphatic heterocycles. The summed E-state index contributed by atoms with van der Waals surface area (Å²) in [5.41, 5.74) is 1.89. The maximum absolute atomic E-state index is 12.9. The number of carbonyl (C=O) groups is 1. The van der Waals surface area contributed by atoms with Gasteiger partial charge in [0.1, 0.15) is 5.75 Å². The van der Waals surface area contributed by atoms with Crippen molar-refractivity contribution in [1.82, 2.24) is 0 Å². The van der Waals surface area contributed by atoms with Crippen LogP contribution < -0.4 is 10.2 Å². The molecule has 0 aliphatic rings. The molecule has 0 bridgehead atoms. The van der Waals surface area contributed by atoms with Crippen LogP contribution in [0.3, 0.4) is 0 Å². The molecule has 0 unspecified atom stereocenters. The standard InChI is InChI=1S/C19H16O4S/c1-11-17(12-4-6-13(7-5-12)19(21)23-3)18(20)15-9-8-14(22-2)10-16(15)24-11/h4-10H,1-3H3. The van der Waals surface area contributed by atoms with E-state index in [2.05, 4.69) is 0 Å². The lowest BCUT2D eigenvalue weighted by molar-refractivity contribution is 0.0601. The smallest absolute Gasteiger partial charge is 0.337 e. The van der Waals surface area contributed by atoms with E-state index >= 15 is 0 Å². The number of benzene rings is 2. The number of hydrogen-bond acceptors (Lipinski definition) is 5. The van der Waals surface area contributed by atoms with Gasteiger partial charge in [-0.15, -0.1) is 11.3 Å². The number of rotatable bonds is 3. The van der Waals surface area contributed by atoms with Gasteiger partial charge in [0.05, 0.1) is 19.8 Å². The van der Waals surface area contributed by atoms with Gasteiger partial charge in [-0.2, -0.15) is 0 Å². The van der Waals surface area contributed by atoms with Crippen molar-refractivity contribution >= 4 is 27.4 Å². The average molecular weight is 340 g/mol. The van der Waals surface area contributed by atoms with E-state index in [0.29, 0.717) is 16.5 Å². The van der Waals surface area contributed by atoms with Gasteiger partial charge >= 0.3 is 5.97 Å². The highest BCUT2D eigenvalue weighted by molar-refractivity contribution is 7.18. The third-order valence-electron chi connectivity index (χ3n) is 3.87. The molecule has 0 amide bonds. The summed E-state index contributed by atoms with van der Waals surface area (Å²) in [7, 11) is 2.95. The Balaban J connectivity index is 2.16. The molecule has 5 heteroatoms. The second-order valence-corrected chi connectivity index (χ2v) is 6.55. The quantitative estimate of drug-likeness (QED) is 0.676. The van der Waals surface area contributed by atoms with E-state index < -0.39 is 5.97 Å². The normalized spacial score (nSPS) is 10.6. The third-order valence-corrected chi connectivity index (χ3v) is 4.94. The largest absolute Gasteiger partial charge is 0.497 e. The van der Waals surface area contributed by atoms with Gasteiger partial charge in [0.15, 0.2) is 5.43 Å². The number of fused-ring (bicyclic) bond motifs is 1. The topological polar surface area (TPSA) is 52.6 Å². The average Bonchev–Trinajstić information content (AvgIpc) is 2.61. The van der Waals surface area contributed by atoms with Crippen LogP contribution in [0, 0.1) is 6.92 Å². The molecule has 0 atom stereocenters. The van der Waals surface area contributed by atoms with E-state index in [1.54, 1.807) is 54.8 Å². The summed E-state index contributed by atoms with van der Waals surface area (Å²) in [4.78, 5) is 25.4. The molecule has 0 saturated heterocycles. The van der Waals surface area contributed by atoms with Gasteiger partial charge < -0.3 is 9.47 Å². The molecule has 0 fully saturated rings. The molecule has 122 valence electrons. The molecule has 1 heterocycles. The lowest BCUT2D eigenvalue weighted by atomic mass is 10.0. The Hall–Kier alpha value is -2.66. The Morgan fingerprint density at radius 1 is 1.04 bits per heavy atom. The Kier molecular flexibility index (Phi) is 4.36. The van der Waals surface area contributed by atoms with Crippen LogP contribution in [0.5, 0.6) is 5.75 Å². The molecular weight excluding hydrogens is 324 g/mol. The lowest BCUT2D eigenvalue weighted by Crippen LogP contribution is -2.07. The molecule has 24 heavy (non-hydrogen) atoms. The maximum atomic E-state index is 12.9. The van der Waals surface area contributed by atoms with Crippen molar-refractivity contribution in [2.75, 3.05) is 14.2 Å². The minimum absolute atomic E-state index is 0.0188. The van der Waals surface area contributed by atoms with Crippen molar-refractivity contribution in [2.24, 2.45) is 0 Å². The zero-order valence-corrected chi connectivity index (χ0v) is 14.4. The molecule has 0 radical (unpaired) electrons.